The number of aromatic amines is 1. The summed E-state index contributed by atoms with van der Waals surface area (Å²) in [6, 6.07) is 5.52. The van der Waals surface area contributed by atoms with Crippen molar-refractivity contribution in [2.24, 2.45) is 0 Å². The van der Waals surface area contributed by atoms with Crippen molar-refractivity contribution in [3.05, 3.63) is 45.7 Å². The zero-order valence-corrected chi connectivity index (χ0v) is 17.9. The smallest absolute Gasteiger partial charge is 0.255 e. The zero-order chi connectivity index (χ0) is 21.0. The lowest BCUT2D eigenvalue weighted by atomic mass is 10.2. The lowest BCUT2D eigenvalue weighted by Crippen LogP contribution is -2.30. The maximum atomic E-state index is 12.4. The number of carbonyl (C=O) groups excluding carboxylic acids is 2. The van der Waals surface area contributed by atoms with Crippen LogP contribution in [0.1, 0.15) is 32.1 Å². The van der Waals surface area contributed by atoms with Gasteiger partial charge in [0, 0.05) is 42.0 Å². The van der Waals surface area contributed by atoms with Crippen LogP contribution in [0.4, 0.5) is 5.69 Å². The molecule has 156 valence electrons. The van der Waals surface area contributed by atoms with Crippen LogP contribution in [0, 0.1) is 6.92 Å². The number of H-pyrrole nitrogens is 1. The number of aldehydes is 1. The predicted molar refractivity (Wildman–Crippen MR) is 114 cm³/mol. The summed E-state index contributed by atoms with van der Waals surface area (Å²) in [5.41, 5.74) is 3.38. The van der Waals surface area contributed by atoms with Crippen LogP contribution in [0.15, 0.2) is 23.1 Å². The number of ether oxygens (including phenoxy) is 1. The second kappa shape index (κ2) is 9.67. The highest BCUT2D eigenvalue weighted by molar-refractivity contribution is 7.99. The van der Waals surface area contributed by atoms with Gasteiger partial charge in [-0.3, -0.25) is 9.59 Å². The van der Waals surface area contributed by atoms with Crippen molar-refractivity contribution in [1.82, 2.24) is 9.88 Å². The monoisotopic (exact) mass is 437 g/mol. The molecule has 0 radical (unpaired) electrons. The third-order valence-corrected chi connectivity index (χ3v) is 6.07. The van der Waals surface area contributed by atoms with Crippen molar-refractivity contribution in [2.45, 2.75) is 24.5 Å². The molecule has 1 atom stereocenters. The van der Waals surface area contributed by atoms with Gasteiger partial charge in [-0.2, -0.15) is 0 Å². The summed E-state index contributed by atoms with van der Waals surface area (Å²) in [4.78, 5) is 28.9. The molecule has 1 aliphatic rings. The Hall–Kier alpha value is -2.00. The fourth-order valence-electron chi connectivity index (χ4n) is 3.15. The number of rotatable bonds is 9. The number of carbonyl (C=O) groups is 2. The summed E-state index contributed by atoms with van der Waals surface area (Å²) in [5.74, 6) is 0.508. The Morgan fingerprint density at radius 1 is 1.41 bits per heavy atom. The van der Waals surface area contributed by atoms with E-state index in [0.29, 0.717) is 48.7 Å². The zero-order valence-electron chi connectivity index (χ0n) is 16.3. The van der Waals surface area contributed by atoms with E-state index in [1.807, 2.05) is 12.1 Å². The van der Waals surface area contributed by atoms with Gasteiger partial charge in [0.15, 0.2) is 6.29 Å². The molecule has 0 aliphatic carbocycles. The molecule has 7 nitrogen and oxygen atoms in total. The van der Waals surface area contributed by atoms with Crippen LogP contribution in [-0.4, -0.2) is 66.0 Å². The molecule has 1 aromatic heterocycles. The van der Waals surface area contributed by atoms with E-state index in [1.54, 1.807) is 36.7 Å². The van der Waals surface area contributed by atoms with E-state index in [4.69, 9.17) is 16.3 Å². The summed E-state index contributed by atoms with van der Waals surface area (Å²) in [6.07, 6.45) is 0.675. The lowest BCUT2D eigenvalue weighted by Gasteiger charge is -2.17. The van der Waals surface area contributed by atoms with Crippen LogP contribution in [-0.2, 0) is 11.2 Å². The summed E-state index contributed by atoms with van der Waals surface area (Å²) >= 11 is 7.90. The Balaban J connectivity index is 1.40. The number of aryl methyl sites for hydroxylation is 1. The Labute approximate surface area is 178 Å². The minimum absolute atomic E-state index is 0.213. The maximum Gasteiger partial charge on any atom is 0.255 e. The molecular formula is C20H24ClN3O4S. The number of fused-ring (bicyclic) bond motifs is 1. The number of hydrogen-bond acceptors (Lipinski definition) is 6. The first-order valence-corrected chi connectivity index (χ1v) is 10.6. The van der Waals surface area contributed by atoms with Gasteiger partial charge >= 0.3 is 0 Å². The van der Waals surface area contributed by atoms with Gasteiger partial charge in [-0.1, -0.05) is 11.6 Å². The number of nitrogens with zero attached hydrogens (tertiary/aromatic N) is 1. The number of nitrogens with one attached hydrogen (secondary N) is 2. The lowest BCUT2D eigenvalue weighted by molar-refractivity contribution is 0.0710. The molecule has 3 N–H and O–H groups in total. The maximum absolute atomic E-state index is 12.4. The van der Waals surface area contributed by atoms with E-state index < -0.39 is 6.23 Å². The molecule has 1 amide bonds. The topological polar surface area (TPSA) is 94.7 Å². The number of aromatic nitrogens is 1. The van der Waals surface area contributed by atoms with E-state index in [1.165, 1.54) is 0 Å². The first kappa shape index (κ1) is 21.7. The van der Waals surface area contributed by atoms with Crippen molar-refractivity contribution >= 4 is 41.2 Å². The first-order valence-electron chi connectivity index (χ1n) is 9.27. The summed E-state index contributed by atoms with van der Waals surface area (Å²) < 4.78 is 5.64. The van der Waals surface area contributed by atoms with E-state index in [0.717, 1.165) is 27.6 Å². The van der Waals surface area contributed by atoms with Gasteiger partial charge in [0.05, 0.1) is 29.5 Å². The second-order valence-electron chi connectivity index (χ2n) is 6.89. The highest BCUT2D eigenvalue weighted by Gasteiger charge is 2.20. The standard InChI is InChI=1S/C20H24ClN3O4S/c1-12-7-14(17(11-25)22-12)20(27)24(2)3-4-28-5-6-29-18-8-13-9-19(26)23-16(13)10-15(18)21/h7-8,10-11,19,22-23,26H,3-6,9H2,1-2H3. The SMILES string of the molecule is Cc1cc(C(=O)N(C)CCOCCSc2cc3c(cc2Cl)NC(O)C3)c(C=O)[nH]1. The van der Waals surface area contributed by atoms with Crippen molar-refractivity contribution in [1.29, 1.82) is 0 Å². The molecule has 0 spiro atoms. The van der Waals surface area contributed by atoms with Crippen molar-refractivity contribution < 1.29 is 19.4 Å². The van der Waals surface area contributed by atoms with Gasteiger partial charge in [-0.15, -0.1) is 11.8 Å². The molecule has 0 saturated carbocycles. The molecule has 3 rings (SSSR count). The van der Waals surface area contributed by atoms with Gasteiger partial charge in [0.25, 0.3) is 5.91 Å². The Morgan fingerprint density at radius 3 is 2.97 bits per heavy atom. The van der Waals surface area contributed by atoms with Crippen molar-refractivity contribution in [3.8, 4) is 0 Å². The molecule has 29 heavy (non-hydrogen) atoms. The number of anilines is 1. The third-order valence-electron chi connectivity index (χ3n) is 4.63. The van der Waals surface area contributed by atoms with E-state index in [2.05, 4.69) is 10.3 Å². The molecule has 0 bridgehead atoms. The predicted octanol–water partition coefficient (Wildman–Crippen LogP) is 2.96. The molecule has 2 aromatic rings. The van der Waals surface area contributed by atoms with Gasteiger partial charge in [-0.25, -0.2) is 0 Å². The van der Waals surface area contributed by atoms with Gasteiger partial charge < -0.3 is 25.0 Å². The third kappa shape index (κ3) is 5.33. The van der Waals surface area contributed by atoms with Crippen molar-refractivity contribution in [3.63, 3.8) is 0 Å². The molecule has 0 fully saturated rings. The number of aliphatic hydroxyl groups excluding tert-OH is 1. The number of aliphatic hydroxyl groups is 1. The molecule has 2 heterocycles. The minimum Gasteiger partial charge on any atom is -0.379 e. The molecule has 1 unspecified atom stereocenters. The van der Waals surface area contributed by atoms with Crippen LogP contribution in [0.5, 0.6) is 0 Å². The number of halogens is 1. The molecule has 1 aromatic carbocycles. The normalized spacial score (nSPS) is 15.1. The first-order chi connectivity index (χ1) is 13.9. The number of hydrogen-bond donors (Lipinski definition) is 3. The number of benzene rings is 1. The molecule has 0 saturated heterocycles. The summed E-state index contributed by atoms with van der Waals surface area (Å²) in [5, 5.41) is 13.3. The van der Waals surface area contributed by atoms with E-state index in [9.17, 15) is 14.7 Å². The molecular weight excluding hydrogens is 414 g/mol. The van der Waals surface area contributed by atoms with Crippen molar-refractivity contribution in [2.75, 3.05) is 37.9 Å². The summed E-state index contributed by atoms with van der Waals surface area (Å²) in [6.45, 7) is 3.14. The Bertz CT molecular complexity index is 902. The highest BCUT2D eigenvalue weighted by atomic mass is 35.5. The molecule has 9 heteroatoms. The van der Waals surface area contributed by atoms with Gasteiger partial charge in [-0.05, 0) is 30.7 Å². The summed E-state index contributed by atoms with van der Waals surface area (Å²) in [7, 11) is 1.68. The average Bonchev–Trinajstić information content (AvgIpc) is 3.24. The van der Waals surface area contributed by atoms with Crippen LogP contribution in [0.3, 0.4) is 0 Å². The second-order valence-corrected chi connectivity index (χ2v) is 8.43. The fraction of sp³-hybridized carbons (Fsp3) is 0.400. The van der Waals surface area contributed by atoms with Crippen LogP contribution >= 0.6 is 23.4 Å². The largest absolute Gasteiger partial charge is 0.379 e. The van der Waals surface area contributed by atoms with Gasteiger partial charge in [0.2, 0.25) is 0 Å². The van der Waals surface area contributed by atoms with E-state index in [-0.39, 0.29) is 5.91 Å². The van der Waals surface area contributed by atoms with Crippen LogP contribution in [0.25, 0.3) is 0 Å². The minimum atomic E-state index is -0.554. The Morgan fingerprint density at radius 2 is 2.21 bits per heavy atom. The van der Waals surface area contributed by atoms with E-state index >= 15 is 0 Å². The molecule has 1 aliphatic heterocycles. The van der Waals surface area contributed by atoms with Crippen LogP contribution < -0.4 is 5.32 Å². The number of thioether (sulfide) groups is 1. The number of likely N-dealkylation sites (N-methyl/N-ethyl adjacent to an activating group) is 1. The van der Waals surface area contributed by atoms with Crippen LogP contribution in [0.2, 0.25) is 5.02 Å². The number of amides is 1. The van der Waals surface area contributed by atoms with Gasteiger partial charge in [0.1, 0.15) is 6.23 Å². The quantitative estimate of drug-likeness (QED) is 0.317. The fourth-order valence-corrected chi connectivity index (χ4v) is 4.32. The Kier molecular flexibility index (Phi) is 7.23. The average molecular weight is 438 g/mol. The highest BCUT2D eigenvalue weighted by Crippen LogP contribution is 2.35.